The SMILES string of the molecule is CCCOc1ccccc1[C@H]1CC(=O)Nc2c1c(C)nn2-c1ccc2nnc(C)n2n1. The zero-order chi connectivity index (χ0) is 21.5. The van der Waals surface area contributed by atoms with E-state index < -0.39 is 0 Å². The summed E-state index contributed by atoms with van der Waals surface area (Å²) in [6, 6.07) is 11.6. The molecule has 0 saturated heterocycles. The van der Waals surface area contributed by atoms with Crippen molar-refractivity contribution in [1.82, 2.24) is 29.6 Å². The fraction of sp³-hybridized carbons (Fsp3) is 0.318. The van der Waals surface area contributed by atoms with Gasteiger partial charge in [0.1, 0.15) is 11.6 Å². The lowest BCUT2D eigenvalue weighted by Crippen LogP contribution is -2.25. The van der Waals surface area contributed by atoms with Crippen LogP contribution in [0.2, 0.25) is 0 Å². The minimum absolute atomic E-state index is 0.0644. The van der Waals surface area contributed by atoms with Crippen LogP contribution < -0.4 is 10.1 Å². The Balaban J connectivity index is 1.64. The predicted octanol–water partition coefficient (Wildman–Crippen LogP) is 3.19. The third-order valence-corrected chi connectivity index (χ3v) is 5.48. The summed E-state index contributed by atoms with van der Waals surface area (Å²) in [5.41, 5.74) is 3.47. The van der Waals surface area contributed by atoms with Gasteiger partial charge in [0.15, 0.2) is 17.3 Å². The first kappa shape index (κ1) is 19.2. The third-order valence-electron chi connectivity index (χ3n) is 5.48. The number of fused-ring (bicyclic) bond motifs is 2. The van der Waals surface area contributed by atoms with E-state index in [2.05, 4.69) is 27.5 Å². The molecule has 0 radical (unpaired) electrons. The molecule has 5 rings (SSSR count). The van der Waals surface area contributed by atoms with Gasteiger partial charge in [-0.25, -0.2) is 0 Å². The lowest BCUT2D eigenvalue weighted by Gasteiger charge is -2.25. The molecule has 1 aromatic carbocycles. The maximum atomic E-state index is 12.7. The number of aryl methyl sites for hydroxylation is 2. The highest BCUT2D eigenvalue weighted by atomic mass is 16.5. The van der Waals surface area contributed by atoms with Gasteiger partial charge < -0.3 is 10.1 Å². The van der Waals surface area contributed by atoms with Crippen LogP contribution in [0.4, 0.5) is 5.82 Å². The van der Waals surface area contributed by atoms with E-state index in [1.807, 2.05) is 50.2 Å². The number of amides is 1. The van der Waals surface area contributed by atoms with Crippen LogP contribution in [0.3, 0.4) is 0 Å². The van der Waals surface area contributed by atoms with Gasteiger partial charge in [-0.05, 0) is 38.5 Å². The molecule has 3 aromatic heterocycles. The van der Waals surface area contributed by atoms with Crippen molar-refractivity contribution in [3.8, 4) is 11.6 Å². The van der Waals surface area contributed by atoms with Crippen molar-refractivity contribution >= 4 is 17.4 Å². The van der Waals surface area contributed by atoms with Crippen molar-refractivity contribution in [1.29, 1.82) is 0 Å². The Kier molecular flexibility index (Phi) is 4.65. The van der Waals surface area contributed by atoms with E-state index in [-0.39, 0.29) is 11.8 Å². The summed E-state index contributed by atoms with van der Waals surface area (Å²) in [4.78, 5) is 12.7. The van der Waals surface area contributed by atoms with Gasteiger partial charge in [0.25, 0.3) is 0 Å². The molecule has 9 heteroatoms. The topological polar surface area (TPSA) is 99.2 Å². The smallest absolute Gasteiger partial charge is 0.226 e. The summed E-state index contributed by atoms with van der Waals surface area (Å²) in [7, 11) is 0. The van der Waals surface area contributed by atoms with Gasteiger partial charge in [0, 0.05) is 23.5 Å². The first-order valence-electron chi connectivity index (χ1n) is 10.4. The molecule has 0 spiro atoms. The summed E-state index contributed by atoms with van der Waals surface area (Å²) in [5.74, 6) is 2.49. The standard InChI is InChI=1S/C22H23N7O2/c1-4-11-31-17-8-6-5-7-15(17)16-12-20(30)23-22-21(16)13(2)26-29(22)19-10-9-18-25-24-14(3)28(18)27-19/h5-10,16H,4,11-12H2,1-3H3,(H,23,30)/t16-/m1/s1. The van der Waals surface area contributed by atoms with Crippen LogP contribution in [0.25, 0.3) is 11.5 Å². The fourth-order valence-corrected chi connectivity index (χ4v) is 4.09. The van der Waals surface area contributed by atoms with Gasteiger partial charge in [0.05, 0.1) is 12.3 Å². The maximum absolute atomic E-state index is 12.7. The summed E-state index contributed by atoms with van der Waals surface area (Å²) >= 11 is 0. The number of hydrogen-bond donors (Lipinski definition) is 1. The number of nitrogens with one attached hydrogen (secondary N) is 1. The summed E-state index contributed by atoms with van der Waals surface area (Å²) < 4.78 is 9.33. The predicted molar refractivity (Wildman–Crippen MR) is 115 cm³/mol. The minimum Gasteiger partial charge on any atom is -0.493 e. The molecule has 0 saturated carbocycles. The van der Waals surface area contributed by atoms with Crippen molar-refractivity contribution in [3.05, 3.63) is 59.0 Å². The fourth-order valence-electron chi connectivity index (χ4n) is 4.09. The molecular weight excluding hydrogens is 394 g/mol. The highest BCUT2D eigenvalue weighted by Gasteiger charge is 2.34. The second-order valence-electron chi connectivity index (χ2n) is 7.66. The Labute approximate surface area is 179 Å². The third kappa shape index (κ3) is 3.22. The van der Waals surface area contributed by atoms with Crippen molar-refractivity contribution in [3.63, 3.8) is 0 Å². The van der Waals surface area contributed by atoms with E-state index in [0.717, 1.165) is 29.0 Å². The average molecular weight is 417 g/mol. The van der Waals surface area contributed by atoms with Crippen molar-refractivity contribution in [2.24, 2.45) is 0 Å². The highest BCUT2D eigenvalue weighted by molar-refractivity contribution is 5.95. The molecule has 1 N–H and O–H groups in total. The average Bonchev–Trinajstić information content (AvgIpc) is 3.31. The van der Waals surface area contributed by atoms with E-state index in [1.54, 1.807) is 9.20 Å². The molecule has 0 unspecified atom stereocenters. The Morgan fingerprint density at radius 3 is 2.81 bits per heavy atom. The van der Waals surface area contributed by atoms with Crippen LogP contribution >= 0.6 is 0 Å². The van der Waals surface area contributed by atoms with Crippen molar-refractivity contribution < 1.29 is 9.53 Å². The molecule has 4 aromatic rings. The second-order valence-corrected chi connectivity index (χ2v) is 7.66. The van der Waals surface area contributed by atoms with Crippen LogP contribution in [-0.2, 0) is 4.79 Å². The van der Waals surface area contributed by atoms with Gasteiger partial charge in [-0.2, -0.15) is 14.3 Å². The van der Waals surface area contributed by atoms with E-state index in [9.17, 15) is 4.79 Å². The van der Waals surface area contributed by atoms with Crippen LogP contribution in [0.15, 0.2) is 36.4 Å². The molecule has 1 aliphatic rings. The lowest BCUT2D eigenvalue weighted by molar-refractivity contribution is -0.116. The minimum atomic E-state index is -0.147. The van der Waals surface area contributed by atoms with Crippen molar-refractivity contribution in [2.75, 3.05) is 11.9 Å². The zero-order valence-corrected chi connectivity index (χ0v) is 17.7. The van der Waals surface area contributed by atoms with Crippen LogP contribution in [-0.4, -0.2) is 42.1 Å². The number of nitrogens with zero attached hydrogens (tertiary/aromatic N) is 6. The molecule has 4 heterocycles. The number of rotatable bonds is 5. The number of ether oxygens (including phenoxy) is 1. The largest absolute Gasteiger partial charge is 0.493 e. The molecule has 9 nitrogen and oxygen atoms in total. The number of benzene rings is 1. The van der Waals surface area contributed by atoms with E-state index in [4.69, 9.17) is 9.84 Å². The molecule has 1 amide bonds. The van der Waals surface area contributed by atoms with E-state index in [1.165, 1.54) is 0 Å². The molecule has 31 heavy (non-hydrogen) atoms. The molecule has 0 fully saturated rings. The maximum Gasteiger partial charge on any atom is 0.226 e. The number of para-hydroxylation sites is 1. The van der Waals surface area contributed by atoms with Crippen molar-refractivity contribution in [2.45, 2.75) is 39.5 Å². The number of anilines is 1. The quantitative estimate of drug-likeness (QED) is 0.535. The zero-order valence-electron chi connectivity index (χ0n) is 17.7. The van der Waals surface area contributed by atoms with Gasteiger partial charge in [-0.1, -0.05) is 25.1 Å². The monoisotopic (exact) mass is 417 g/mol. The van der Waals surface area contributed by atoms with Crippen LogP contribution in [0.5, 0.6) is 5.75 Å². The van der Waals surface area contributed by atoms with E-state index >= 15 is 0 Å². The number of hydrogen-bond acceptors (Lipinski definition) is 6. The second kappa shape index (κ2) is 7.50. The summed E-state index contributed by atoms with van der Waals surface area (Å²) in [6.45, 7) is 6.50. The summed E-state index contributed by atoms with van der Waals surface area (Å²) in [5, 5.41) is 20.5. The normalized spacial score (nSPS) is 15.7. The van der Waals surface area contributed by atoms with Gasteiger partial charge in [0.2, 0.25) is 5.91 Å². The van der Waals surface area contributed by atoms with Gasteiger partial charge in [-0.15, -0.1) is 15.3 Å². The molecule has 0 bridgehead atoms. The lowest BCUT2D eigenvalue weighted by atomic mass is 9.85. The van der Waals surface area contributed by atoms with Gasteiger partial charge >= 0.3 is 0 Å². The Hall–Kier alpha value is -3.75. The summed E-state index contributed by atoms with van der Waals surface area (Å²) in [6.07, 6.45) is 1.25. The first-order chi connectivity index (χ1) is 15.1. The molecular formula is C22H23N7O2. The Morgan fingerprint density at radius 2 is 1.97 bits per heavy atom. The van der Waals surface area contributed by atoms with Gasteiger partial charge in [-0.3, -0.25) is 4.79 Å². The molecule has 0 aliphatic carbocycles. The Bertz CT molecular complexity index is 1290. The first-order valence-corrected chi connectivity index (χ1v) is 10.4. The van der Waals surface area contributed by atoms with E-state index in [0.29, 0.717) is 36.1 Å². The highest BCUT2D eigenvalue weighted by Crippen LogP contribution is 2.42. The van der Waals surface area contributed by atoms with Crippen LogP contribution in [0, 0.1) is 13.8 Å². The number of carbonyl (C=O) groups excluding carboxylic acids is 1. The molecule has 158 valence electrons. The van der Waals surface area contributed by atoms with Crippen LogP contribution in [0.1, 0.15) is 48.3 Å². The number of aromatic nitrogens is 6. The molecule has 1 aliphatic heterocycles. The number of carbonyl (C=O) groups is 1. The molecule has 1 atom stereocenters. The Morgan fingerprint density at radius 1 is 1.13 bits per heavy atom.